The Morgan fingerprint density at radius 2 is 1.11 bits per heavy atom. The molecule has 7 aromatic carbocycles. The third-order valence-electron chi connectivity index (χ3n) is 7.40. The van der Waals surface area contributed by atoms with Crippen molar-refractivity contribution in [1.29, 1.82) is 0 Å². The molecular weight excluding hydrogens is 424 g/mol. The first kappa shape index (κ1) is 18.8. The van der Waals surface area contributed by atoms with Crippen molar-refractivity contribution in [3.05, 3.63) is 121 Å². The van der Waals surface area contributed by atoms with E-state index in [9.17, 15) is 0 Å². The van der Waals surface area contributed by atoms with Gasteiger partial charge in [-0.15, -0.1) is 0 Å². The molecule has 0 saturated carbocycles. The summed E-state index contributed by atoms with van der Waals surface area (Å²) >= 11 is 0. The number of fused-ring (bicyclic) bond motifs is 3. The fourth-order valence-electron chi connectivity index (χ4n) is 5.80. The zero-order valence-electron chi connectivity index (χ0n) is 19.0. The minimum Gasteiger partial charge on any atom is -0.455 e. The Kier molecular flexibility index (Phi) is 3.72. The fourth-order valence-corrected chi connectivity index (χ4v) is 5.80. The van der Waals surface area contributed by atoms with Gasteiger partial charge in [-0.25, -0.2) is 0 Å². The summed E-state index contributed by atoms with van der Waals surface area (Å²) in [5.74, 6) is 0. The molecule has 0 saturated heterocycles. The Labute approximate surface area is 202 Å². The van der Waals surface area contributed by atoms with Gasteiger partial charge in [-0.3, -0.25) is 0 Å². The molecule has 35 heavy (non-hydrogen) atoms. The summed E-state index contributed by atoms with van der Waals surface area (Å²) in [4.78, 5) is 0. The van der Waals surface area contributed by atoms with Crippen molar-refractivity contribution in [3.8, 4) is 22.3 Å². The van der Waals surface area contributed by atoms with Gasteiger partial charge in [0.05, 0.1) is 0 Å². The zero-order valence-corrected chi connectivity index (χ0v) is 19.0. The maximum atomic E-state index is 6.41. The lowest BCUT2D eigenvalue weighted by Gasteiger charge is -2.15. The van der Waals surface area contributed by atoms with Crippen LogP contribution in [0.5, 0.6) is 0 Å². The molecule has 0 aliphatic carbocycles. The van der Waals surface area contributed by atoms with Crippen LogP contribution in [0.25, 0.3) is 76.5 Å². The molecular formula is C34H20O. The first-order valence-electron chi connectivity index (χ1n) is 12.0. The molecule has 0 aliphatic rings. The van der Waals surface area contributed by atoms with Crippen LogP contribution in [0.15, 0.2) is 126 Å². The Morgan fingerprint density at radius 3 is 1.97 bits per heavy atom. The lowest BCUT2D eigenvalue weighted by atomic mass is 9.88. The molecule has 0 unspecified atom stereocenters. The third kappa shape index (κ3) is 2.64. The van der Waals surface area contributed by atoms with E-state index in [1.165, 1.54) is 43.4 Å². The van der Waals surface area contributed by atoms with Gasteiger partial charge in [-0.1, -0.05) is 103 Å². The average Bonchev–Trinajstić information content (AvgIpc) is 3.30. The maximum absolute atomic E-state index is 6.41. The molecule has 1 heterocycles. The van der Waals surface area contributed by atoms with Crippen LogP contribution in [-0.4, -0.2) is 0 Å². The topological polar surface area (TPSA) is 13.1 Å². The van der Waals surface area contributed by atoms with Gasteiger partial charge >= 0.3 is 0 Å². The van der Waals surface area contributed by atoms with E-state index < -0.39 is 0 Å². The summed E-state index contributed by atoms with van der Waals surface area (Å²) in [6.45, 7) is 0. The van der Waals surface area contributed by atoms with E-state index in [2.05, 4.69) is 115 Å². The molecule has 8 aromatic rings. The van der Waals surface area contributed by atoms with Crippen molar-refractivity contribution >= 4 is 54.3 Å². The SMILES string of the molecule is c1ccc(-c2cc(-c3ccc4ccc5cccc6ccc3c4c56)cc3c2oc2ccccc23)cc1. The molecule has 8 rings (SSSR count). The van der Waals surface area contributed by atoms with Crippen molar-refractivity contribution in [1.82, 2.24) is 0 Å². The van der Waals surface area contributed by atoms with E-state index in [4.69, 9.17) is 4.42 Å². The van der Waals surface area contributed by atoms with Gasteiger partial charge in [0, 0.05) is 16.3 Å². The zero-order chi connectivity index (χ0) is 22.9. The van der Waals surface area contributed by atoms with Crippen LogP contribution in [0, 0.1) is 0 Å². The number of hydrogen-bond acceptors (Lipinski definition) is 1. The lowest BCUT2D eigenvalue weighted by molar-refractivity contribution is 0.670. The number of furan rings is 1. The van der Waals surface area contributed by atoms with Crippen molar-refractivity contribution in [3.63, 3.8) is 0 Å². The predicted molar refractivity (Wildman–Crippen MR) is 148 cm³/mol. The van der Waals surface area contributed by atoms with Crippen LogP contribution in [0.3, 0.4) is 0 Å². The summed E-state index contributed by atoms with van der Waals surface area (Å²) in [6.07, 6.45) is 0. The van der Waals surface area contributed by atoms with E-state index in [0.717, 1.165) is 33.1 Å². The monoisotopic (exact) mass is 444 g/mol. The number of rotatable bonds is 2. The van der Waals surface area contributed by atoms with Crippen LogP contribution >= 0.6 is 0 Å². The van der Waals surface area contributed by atoms with Gasteiger partial charge in [0.15, 0.2) is 0 Å². The highest BCUT2D eigenvalue weighted by atomic mass is 16.3. The van der Waals surface area contributed by atoms with Crippen LogP contribution in [0.4, 0.5) is 0 Å². The van der Waals surface area contributed by atoms with Gasteiger partial charge in [-0.2, -0.15) is 0 Å². The Morgan fingerprint density at radius 1 is 0.400 bits per heavy atom. The quantitative estimate of drug-likeness (QED) is 0.242. The van der Waals surface area contributed by atoms with Crippen molar-refractivity contribution in [2.45, 2.75) is 0 Å². The van der Waals surface area contributed by atoms with Crippen molar-refractivity contribution in [2.24, 2.45) is 0 Å². The number of para-hydroxylation sites is 1. The second-order valence-corrected chi connectivity index (χ2v) is 9.33. The largest absolute Gasteiger partial charge is 0.455 e. The Bertz CT molecular complexity index is 2030. The first-order chi connectivity index (χ1) is 17.3. The van der Waals surface area contributed by atoms with Crippen LogP contribution in [-0.2, 0) is 0 Å². The van der Waals surface area contributed by atoms with E-state index in [-0.39, 0.29) is 0 Å². The van der Waals surface area contributed by atoms with Crippen molar-refractivity contribution < 1.29 is 4.42 Å². The highest BCUT2D eigenvalue weighted by Gasteiger charge is 2.17. The Balaban J connectivity index is 1.51. The molecule has 0 atom stereocenters. The van der Waals surface area contributed by atoms with Gasteiger partial charge < -0.3 is 4.42 Å². The van der Waals surface area contributed by atoms with Gasteiger partial charge in [0.1, 0.15) is 11.2 Å². The molecule has 0 fully saturated rings. The summed E-state index contributed by atoms with van der Waals surface area (Å²) in [7, 11) is 0. The molecule has 1 heteroatoms. The molecule has 0 radical (unpaired) electrons. The normalized spacial score (nSPS) is 12.0. The van der Waals surface area contributed by atoms with E-state index in [0.29, 0.717) is 0 Å². The number of hydrogen-bond donors (Lipinski definition) is 0. The lowest BCUT2D eigenvalue weighted by Crippen LogP contribution is -1.88. The predicted octanol–water partition coefficient (Wildman–Crippen LogP) is 9.82. The molecule has 0 bridgehead atoms. The van der Waals surface area contributed by atoms with Crippen LogP contribution in [0.2, 0.25) is 0 Å². The van der Waals surface area contributed by atoms with E-state index in [1.807, 2.05) is 6.07 Å². The van der Waals surface area contributed by atoms with Gasteiger partial charge in [0.25, 0.3) is 0 Å². The highest BCUT2D eigenvalue weighted by molar-refractivity contribution is 6.25. The second kappa shape index (κ2) is 6.94. The minimum atomic E-state index is 0.923. The standard InChI is InChI=1S/C34H20O/c1-2-7-21(8-3-1)29-19-25(20-30-27-11-4-5-12-31(27)35-34(29)30)26-17-15-24-14-13-22-9-6-10-23-16-18-28(26)33(24)32(22)23/h1-20H. The highest BCUT2D eigenvalue weighted by Crippen LogP contribution is 2.43. The molecule has 0 N–H and O–H groups in total. The van der Waals surface area contributed by atoms with Crippen LogP contribution < -0.4 is 0 Å². The minimum absolute atomic E-state index is 0.923. The summed E-state index contributed by atoms with van der Waals surface area (Å²) in [5, 5.41) is 10.2. The molecule has 162 valence electrons. The van der Waals surface area contributed by atoms with E-state index in [1.54, 1.807) is 0 Å². The molecule has 1 aromatic heterocycles. The second-order valence-electron chi connectivity index (χ2n) is 9.33. The summed E-state index contributed by atoms with van der Waals surface area (Å²) in [6, 6.07) is 43.7. The first-order valence-corrected chi connectivity index (χ1v) is 12.0. The number of benzene rings is 7. The molecule has 0 amide bonds. The molecule has 0 spiro atoms. The third-order valence-corrected chi connectivity index (χ3v) is 7.40. The maximum Gasteiger partial charge on any atom is 0.143 e. The average molecular weight is 445 g/mol. The van der Waals surface area contributed by atoms with Gasteiger partial charge in [0.2, 0.25) is 0 Å². The van der Waals surface area contributed by atoms with Crippen LogP contribution in [0.1, 0.15) is 0 Å². The smallest absolute Gasteiger partial charge is 0.143 e. The Hall–Kier alpha value is -4.62. The van der Waals surface area contributed by atoms with Gasteiger partial charge in [-0.05, 0) is 67.2 Å². The van der Waals surface area contributed by atoms with E-state index >= 15 is 0 Å². The summed E-state index contributed by atoms with van der Waals surface area (Å²) in [5.41, 5.74) is 6.61. The molecule has 0 aliphatic heterocycles. The fraction of sp³-hybridized carbons (Fsp3) is 0. The molecule has 1 nitrogen and oxygen atoms in total. The van der Waals surface area contributed by atoms with Crippen molar-refractivity contribution in [2.75, 3.05) is 0 Å². The summed E-state index contributed by atoms with van der Waals surface area (Å²) < 4.78 is 6.41.